The van der Waals surface area contributed by atoms with E-state index in [1.807, 2.05) is 0 Å². The average molecular weight is 620 g/mol. The summed E-state index contributed by atoms with van der Waals surface area (Å²) >= 11 is 6.76. The lowest BCUT2D eigenvalue weighted by Crippen LogP contribution is -2.46. The smallest absolute Gasteiger partial charge is 0.364 e. The van der Waals surface area contributed by atoms with Crippen LogP contribution in [-0.4, -0.2) is 34.2 Å². The van der Waals surface area contributed by atoms with E-state index in [9.17, 15) is 24.4 Å². The van der Waals surface area contributed by atoms with E-state index in [0.29, 0.717) is 20.3 Å². The number of carbonyl (C=O) groups is 2. The first-order valence-corrected chi connectivity index (χ1v) is 12.9. The number of phenols is 1. The Bertz CT molecular complexity index is 1070. The minimum Gasteiger partial charge on any atom is -0.507 e. The van der Waals surface area contributed by atoms with Gasteiger partial charge in [0.2, 0.25) is 0 Å². The topological polar surface area (TPSA) is 122 Å². The maximum Gasteiger partial charge on any atom is 0.364 e. The minimum atomic E-state index is -1.53. The summed E-state index contributed by atoms with van der Waals surface area (Å²) in [6, 6.07) is 6.38. The molecule has 0 bridgehead atoms. The summed E-state index contributed by atoms with van der Waals surface area (Å²) in [6.07, 6.45) is -0.336. The van der Waals surface area contributed by atoms with Crippen LogP contribution in [-0.2, 0) is 19.4 Å². The summed E-state index contributed by atoms with van der Waals surface area (Å²) in [5, 5.41) is 21.6. The number of ether oxygens (including phenoxy) is 2. The SMILES string of the molecule is CC(C)OC(=O)C(NC(=O)c1cc(Oc2c(Br)cc(C(C)(O)[PH+]=O)cc2Br)ccc1O)C(C)C. The second-order valence-electron chi connectivity index (χ2n) is 8.41. The molecule has 184 valence electrons. The fourth-order valence-corrected chi connectivity index (χ4v) is 4.51. The summed E-state index contributed by atoms with van der Waals surface area (Å²) in [7, 11) is -0.971. The number of benzene rings is 2. The molecule has 0 aliphatic carbocycles. The summed E-state index contributed by atoms with van der Waals surface area (Å²) in [5.41, 5.74) is 0.325. The van der Waals surface area contributed by atoms with Crippen molar-refractivity contribution in [2.75, 3.05) is 0 Å². The van der Waals surface area contributed by atoms with E-state index < -0.39 is 31.7 Å². The Morgan fingerprint density at radius 3 is 2.18 bits per heavy atom. The van der Waals surface area contributed by atoms with Crippen LogP contribution in [0.5, 0.6) is 17.2 Å². The molecule has 8 nitrogen and oxygen atoms in total. The van der Waals surface area contributed by atoms with Crippen LogP contribution < -0.4 is 10.1 Å². The Kier molecular flexibility index (Phi) is 9.65. The molecule has 0 aliphatic heterocycles. The number of nitrogens with one attached hydrogen (secondary N) is 1. The third kappa shape index (κ3) is 7.01. The maximum atomic E-state index is 12.9. The largest absolute Gasteiger partial charge is 0.507 e. The second kappa shape index (κ2) is 11.6. The highest BCUT2D eigenvalue weighted by molar-refractivity contribution is 9.11. The number of aromatic hydroxyl groups is 1. The Labute approximate surface area is 216 Å². The van der Waals surface area contributed by atoms with Crippen molar-refractivity contribution < 1.29 is 33.8 Å². The normalized spacial score (nSPS) is 14.1. The van der Waals surface area contributed by atoms with E-state index in [0.717, 1.165) is 0 Å². The number of amides is 1. The predicted molar refractivity (Wildman–Crippen MR) is 136 cm³/mol. The maximum absolute atomic E-state index is 12.9. The van der Waals surface area contributed by atoms with Gasteiger partial charge in [-0.1, -0.05) is 18.4 Å². The molecule has 11 heteroatoms. The van der Waals surface area contributed by atoms with Crippen molar-refractivity contribution in [3.05, 3.63) is 50.4 Å². The quantitative estimate of drug-likeness (QED) is 0.246. The molecule has 3 unspecified atom stereocenters. The fraction of sp³-hybridized carbons (Fsp3) is 0.391. The van der Waals surface area contributed by atoms with Crippen LogP contribution in [0.25, 0.3) is 0 Å². The van der Waals surface area contributed by atoms with Crippen LogP contribution in [0, 0.1) is 5.92 Å². The molecule has 3 N–H and O–H groups in total. The predicted octanol–water partition coefficient (Wildman–Crippen LogP) is 5.60. The molecule has 0 heterocycles. The molecule has 2 aromatic rings. The molecule has 0 aliphatic rings. The van der Waals surface area contributed by atoms with E-state index in [1.165, 1.54) is 25.1 Å². The van der Waals surface area contributed by atoms with Crippen molar-refractivity contribution in [1.29, 1.82) is 0 Å². The number of phenolic OH excluding ortho intramolecular Hbond substituents is 1. The average Bonchev–Trinajstić information content (AvgIpc) is 2.74. The van der Waals surface area contributed by atoms with Gasteiger partial charge in [0.05, 0.1) is 20.6 Å². The number of carbonyl (C=O) groups excluding carboxylic acids is 2. The number of esters is 1. The lowest BCUT2D eigenvalue weighted by atomic mass is 10.0. The van der Waals surface area contributed by atoms with Gasteiger partial charge >= 0.3 is 14.4 Å². The molecular formula is C23H27Br2NO7P+. The van der Waals surface area contributed by atoms with Crippen molar-refractivity contribution >= 4 is 52.2 Å². The van der Waals surface area contributed by atoms with Gasteiger partial charge in [0.25, 0.3) is 11.2 Å². The summed E-state index contributed by atoms with van der Waals surface area (Å²) < 4.78 is 23.4. The molecule has 3 atom stereocenters. The van der Waals surface area contributed by atoms with Crippen LogP contribution in [0.4, 0.5) is 0 Å². The van der Waals surface area contributed by atoms with Gasteiger partial charge in [-0.2, -0.15) is 0 Å². The Morgan fingerprint density at radius 1 is 1.09 bits per heavy atom. The molecule has 0 spiro atoms. The van der Waals surface area contributed by atoms with Crippen LogP contribution in [0.1, 0.15) is 50.5 Å². The van der Waals surface area contributed by atoms with Crippen molar-refractivity contribution in [1.82, 2.24) is 5.32 Å². The Balaban J connectivity index is 2.32. The third-order valence-electron chi connectivity index (χ3n) is 4.75. The first kappa shape index (κ1) is 28.2. The van der Waals surface area contributed by atoms with Gasteiger partial charge < -0.3 is 25.0 Å². The van der Waals surface area contributed by atoms with Gasteiger partial charge in [-0.3, -0.25) is 4.79 Å². The standard InChI is InChI=1S/C23H26Br2NO7P/c1-11(2)19(22(29)32-12(3)4)26-21(28)15-10-14(6-7-18(15)27)33-20-16(24)8-13(9-17(20)25)23(5,30)34-31/h6-12,19,27,30H,1-5H3,(H,26,28)/p+1. The van der Waals surface area contributed by atoms with Crippen LogP contribution in [0.2, 0.25) is 0 Å². The third-order valence-corrected chi connectivity index (χ3v) is 6.61. The van der Waals surface area contributed by atoms with E-state index in [-0.39, 0.29) is 29.1 Å². The molecule has 34 heavy (non-hydrogen) atoms. The zero-order chi connectivity index (χ0) is 25.8. The highest BCUT2D eigenvalue weighted by atomic mass is 79.9. The highest BCUT2D eigenvalue weighted by Gasteiger charge is 2.33. The zero-order valence-corrected chi connectivity index (χ0v) is 23.5. The van der Waals surface area contributed by atoms with Crippen molar-refractivity contribution in [2.45, 2.75) is 52.1 Å². The lowest BCUT2D eigenvalue weighted by molar-refractivity contribution is -0.150. The highest BCUT2D eigenvalue weighted by Crippen LogP contribution is 2.42. The van der Waals surface area contributed by atoms with Gasteiger partial charge in [-0.25, -0.2) is 4.79 Å². The van der Waals surface area contributed by atoms with E-state index in [4.69, 9.17) is 9.47 Å². The van der Waals surface area contributed by atoms with Gasteiger partial charge in [-0.05, 0) is 82.0 Å². The molecule has 0 saturated carbocycles. The molecule has 2 aromatic carbocycles. The molecular weight excluding hydrogens is 593 g/mol. The molecule has 0 radical (unpaired) electrons. The van der Waals surface area contributed by atoms with Crippen LogP contribution >= 0.6 is 40.3 Å². The molecule has 0 fully saturated rings. The van der Waals surface area contributed by atoms with Gasteiger partial charge in [0.1, 0.15) is 17.5 Å². The monoisotopic (exact) mass is 618 g/mol. The summed E-state index contributed by atoms with van der Waals surface area (Å²) in [4.78, 5) is 25.3. The summed E-state index contributed by atoms with van der Waals surface area (Å²) in [5.74, 6) is -1.18. The second-order valence-corrected chi connectivity index (χ2v) is 11.3. The minimum absolute atomic E-state index is 0.0835. The molecule has 2 rings (SSSR count). The number of hydrogen-bond acceptors (Lipinski definition) is 7. The van der Waals surface area contributed by atoms with Gasteiger partial charge in [-0.15, -0.1) is 0 Å². The Morgan fingerprint density at radius 2 is 1.68 bits per heavy atom. The van der Waals surface area contributed by atoms with Crippen LogP contribution in [0.3, 0.4) is 0 Å². The van der Waals surface area contributed by atoms with E-state index in [1.54, 1.807) is 39.8 Å². The van der Waals surface area contributed by atoms with Crippen molar-refractivity contribution in [2.24, 2.45) is 5.92 Å². The van der Waals surface area contributed by atoms with E-state index >= 15 is 0 Å². The number of rotatable bonds is 9. The molecule has 0 saturated heterocycles. The van der Waals surface area contributed by atoms with E-state index in [2.05, 4.69) is 37.2 Å². The van der Waals surface area contributed by atoms with Gasteiger partial charge in [0.15, 0.2) is 5.75 Å². The van der Waals surface area contributed by atoms with Crippen LogP contribution in [0.15, 0.2) is 39.3 Å². The summed E-state index contributed by atoms with van der Waals surface area (Å²) in [6.45, 7) is 8.41. The first-order valence-electron chi connectivity index (χ1n) is 10.4. The Hall–Kier alpha value is -2.00. The number of halogens is 2. The number of aliphatic hydroxyl groups is 1. The fourth-order valence-electron chi connectivity index (χ4n) is 2.90. The first-order chi connectivity index (χ1) is 15.8. The number of hydrogen-bond donors (Lipinski definition) is 3. The van der Waals surface area contributed by atoms with Crippen molar-refractivity contribution in [3.8, 4) is 17.2 Å². The van der Waals surface area contributed by atoms with Crippen molar-refractivity contribution in [3.63, 3.8) is 0 Å². The zero-order valence-electron chi connectivity index (χ0n) is 19.3. The molecule has 1 amide bonds. The molecule has 0 aromatic heterocycles. The van der Waals surface area contributed by atoms with Gasteiger partial charge in [0, 0.05) is 12.5 Å². The lowest BCUT2D eigenvalue weighted by Gasteiger charge is -2.22.